The van der Waals surface area contributed by atoms with Crippen molar-refractivity contribution in [2.24, 2.45) is 0 Å². The van der Waals surface area contributed by atoms with Gasteiger partial charge in [0.1, 0.15) is 18.3 Å². The van der Waals surface area contributed by atoms with Crippen LogP contribution in [0, 0.1) is 0 Å². The maximum absolute atomic E-state index is 11.9. The van der Waals surface area contributed by atoms with Crippen LogP contribution < -0.4 is 11.3 Å². The zero-order valence-corrected chi connectivity index (χ0v) is 18.5. The molecule has 0 spiro atoms. The van der Waals surface area contributed by atoms with Crippen molar-refractivity contribution < 1.29 is 66.8 Å². The number of hydrogen-bond donors (Lipinski definition) is 8. The first-order valence-electron chi connectivity index (χ1n) is 8.11. The molecule has 1 saturated heterocycles. The number of H-pyrrole nitrogens is 1. The minimum atomic E-state index is -5.73. The molecule has 11 N–H and O–H groups in total. The van der Waals surface area contributed by atoms with Crippen molar-refractivity contribution >= 4 is 129 Å². The number of fused-ring (bicyclic) bond motifs is 1. The van der Waals surface area contributed by atoms with Crippen LogP contribution in [0.4, 0.5) is 5.95 Å². The van der Waals surface area contributed by atoms with Gasteiger partial charge in [-0.25, -0.2) is 18.7 Å². The molecule has 0 saturated carbocycles. The predicted octanol–water partition coefficient (Wildman–Crippen LogP) is -5.11. The van der Waals surface area contributed by atoms with Gasteiger partial charge in [-0.3, -0.25) is 18.9 Å². The molecule has 2 aromatic heterocycles. The Labute approximate surface area is 266 Å². The average molecular weight is 613 g/mol. The number of aromatic nitrogens is 4. The maximum atomic E-state index is 11.9. The van der Waals surface area contributed by atoms with E-state index in [9.17, 15) is 33.6 Å². The molecule has 0 amide bonds. The van der Waals surface area contributed by atoms with Gasteiger partial charge in [0.05, 0.1) is 12.9 Å². The van der Waals surface area contributed by atoms with E-state index >= 15 is 0 Å². The van der Waals surface area contributed by atoms with Crippen molar-refractivity contribution in [1.82, 2.24) is 19.5 Å². The van der Waals surface area contributed by atoms with Gasteiger partial charge in [-0.05, 0) is 0 Å². The molecule has 0 bridgehead atoms. The molecule has 20 nitrogen and oxygen atoms in total. The van der Waals surface area contributed by atoms with Crippen LogP contribution in [0.25, 0.3) is 11.2 Å². The van der Waals surface area contributed by atoms with Crippen LogP contribution in [0.3, 0.4) is 0 Å². The van der Waals surface area contributed by atoms with Crippen molar-refractivity contribution in [3.05, 3.63) is 16.7 Å². The molecule has 1 fully saturated rings. The van der Waals surface area contributed by atoms with E-state index < -0.39 is 60.2 Å². The van der Waals surface area contributed by atoms with Crippen LogP contribution in [-0.2, 0) is 31.6 Å². The Morgan fingerprint density at radius 1 is 1.06 bits per heavy atom. The molecule has 3 rings (SSSR count). The number of nitrogens with two attached hydrogens (primary N) is 1. The van der Waals surface area contributed by atoms with Crippen molar-refractivity contribution in [3.8, 4) is 0 Å². The summed E-state index contributed by atoms with van der Waals surface area (Å²) in [6.07, 6.45) is -5.33. The molecule has 0 aliphatic carbocycles. The SMILES string of the molecule is Nc1nc2c(ncn2[C@@H]2O[C@H](COP(=O)(O)OP(=O)(O)OP(=O)(O)O)[C@@H](O)[C@H]2O)c(=O)[nH]1.O.[NaH].[NaH].[NaH]. The number of nitrogens with zero attached hydrogens (tertiary/aromatic N) is 3. The average Bonchev–Trinajstić information content (AvgIpc) is 3.12. The van der Waals surface area contributed by atoms with Crippen LogP contribution in [0.15, 0.2) is 11.1 Å². The summed E-state index contributed by atoms with van der Waals surface area (Å²) >= 11 is 0. The number of ether oxygens (including phenoxy) is 1. The summed E-state index contributed by atoms with van der Waals surface area (Å²) in [7, 11) is -16.8. The second-order valence-electron chi connectivity index (χ2n) is 6.21. The fourth-order valence-electron chi connectivity index (χ4n) is 2.70. The summed E-state index contributed by atoms with van der Waals surface area (Å²) in [5.74, 6) is -0.276. The van der Waals surface area contributed by atoms with Gasteiger partial charge in [-0.15, -0.1) is 0 Å². The predicted molar refractivity (Wildman–Crippen MR) is 123 cm³/mol. The number of aliphatic hydroxyl groups is 2. The minimum absolute atomic E-state index is 0. The number of phosphoric ester groups is 1. The number of hydrogen-bond acceptors (Lipinski definition) is 13. The Morgan fingerprint density at radius 3 is 2.19 bits per heavy atom. The molecular weight excluding hydrogens is 592 g/mol. The van der Waals surface area contributed by atoms with E-state index in [-0.39, 0.29) is 111 Å². The summed E-state index contributed by atoms with van der Waals surface area (Å²) in [5.41, 5.74) is 4.50. The fourth-order valence-corrected chi connectivity index (χ4v) is 5.73. The first-order chi connectivity index (χ1) is 14.6. The van der Waals surface area contributed by atoms with E-state index in [1.165, 1.54) is 0 Å². The molecule has 6 atom stereocenters. The zero-order chi connectivity index (χ0) is 24.1. The first-order valence-corrected chi connectivity index (χ1v) is 12.6. The van der Waals surface area contributed by atoms with Crippen LogP contribution in [-0.4, -0.2) is 168 Å². The molecule has 2 aromatic rings. The standard InChI is InChI=1S/C10H16N5O14P3.3Na.H2O.3H/c11-10-13-7-4(8(18)14-10)12-2-15(7)9-6(17)5(16)3(27-9)1-26-31(22,23)29-32(24,25)28-30(19,20)21;;;;;;;/h2-3,5-6,9,16-17H,1H2,(H,22,23)(H,24,25)(H2,19,20,21)(H3,11,13,14,18);;;;1H2;;;/t3-,5-,6-,9-;;;;;;;/m1......./s1. The van der Waals surface area contributed by atoms with Crippen LogP contribution in [0.5, 0.6) is 0 Å². The molecule has 2 unspecified atom stereocenters. The van der Waals surface area contributed by atoms with Gasteiger partial charge >= 0.3 is 112 Å². The van der Waals surface area contributed by atoms with Crippen molar-refractivity contribution in [2.45, 2.75) is 24.5 Å². The number of phosphoric acid groups is 3. The number of nitrogen functional groups attached to an aromatic ring is 1. The quantitative estimate of drug-likeness (QED) is 0.102. The Morgan fingerprint density at radius 2 is 1.64 bits per heavy atom. The number of anilines is 1. The van der Waals surface area contributed by atoms with Gasteiger partial charge in [0.15, 0.2) is 17.4 Å². The number of imidazole rings is 1. The van der Waals surface area contributed by atoms with E-state index in [4.69, 9.17) is 25.2 Å². The Balaban J connectivity index is 0. The third-order valence-electron chi connectivity index (χ3n) is 3.88. The third-order valence-corrected chi connectivity index (χ3v) is 7.68. The summed E-state index contributed by atoms with van der Waals surface area (Å²) in [4.78, 5) is 57.3. The molecule has 0 radical (unpaired) electrons. The molecule has 1 aliphatic rings. The van der Waals surface area contributed by atoms with Gasteiger partial charge in [0.25, 0.3) is 5.56 Å². The monoisotopic (exact) mass is 613 g/mol. The van der Waals surface area contributed by atoms with Gasteiger partial charge in [0.2, 0.25) is 5.95 Å². The Hall–Kier alpha value is 1.40. The second kappa shape index (κ2) is 14.9. The van der Waals surface area contributed by atoms with E-state index in [1.54, 1.807) is 0 Å². The molecule has 3 heterocycles. The molecule has 36 heavy (non-hydrogen) atoms. The summed E-state index contributed by atoms with van der Waals surface area (Å²) in [6.45, 7) is -1.01. The fraction of sp³-hybridized carbons (Fsp3) is 0.500. The van der Waals surface area contributed by atoms with Crippen molar-refractivity contribution in [1.29, 1.82) is 0 Å². The molecule has 1 aliphatic heterocycles. The van der Waals surface area contributed by atoms with Crippen LogP contribution in [0.1, 0.15) is 6.23 Å². The molecule has 0 aromatic carbocycles. The van der Waals surface area contributed by atoms with Crippen LogP contribution in [0.2, 0.25) is 0 Å². The van der Waals surface area contributed by atoms with E-state index in [2.05, 4.69) is 28.1 Å². The molecule has 26 heteroatoms. The Kier molecular flexibility index (Phi) is 16.3. The molecular formula is C10H21N5Na3O15P3. The summed E-state index contributed by atoms with van der Waals surface area (Å²) < 4.78 is 51.6. The third kappa shape index (κ3) is 10.1. The summed E-state index contributed by atoms with van der Waals surface area (Å²) in [5, 5.41) is 20.4. The van der Waals surface area contributed by atoms with Gasteiger partial charge < -0.3 is 45.7 Å². The van der Waals surface area contributed by atoms with E-state index in [0.717, 1.165) is 10.9 Å². The number of aliphatic hydroxyl groups excluding tert-OH is 2. The number of rotatable bonds is 8. The summed E-state index contributed by atoms with van der Waals surface area (Å²) in [6, 6.07) is 0. The Bertz CT molecular complexity index is 1220. The number of aromatic amines is 1. The van der Waals surface area contributed by atoms with Crippen molar-refractivity contribution in [3.63, 3.8) is 0 Å². The number of nitrogens with one attached hydrogen (secondary N) is 1. The van der Waals surface area contributed by atoms with Gasteiger partial charge in [0, 0.05) is 0 Å². The molecule has 194 valence electrons. The normalized spacial score (nSPS) is 24.8. The van der Waals surface area contributed by atoms with Crippen molar-refractivity contribution in [2.75, 3.05) is 12.3 Å². The first kappa shape index (κ1) is 39.5. The van der Waals surface area contributed by atoms with E-state index in [0.29, 0.717) is 0 Å². The van der Waals surface area contributed by atoms with Gasteiger partial charge in [-0.2, -0.15) is 13.6 Å². The zero-order valence-electron chi connectivity index (χ0n) is 15.8. The van der Waals surface area contributed by atoms with E-state index in [1.807, 2.05) is 0 Å². The van der Waals surface area contributed by atoms with Crippen LogP contribution >= 0.6 is 23.5 Å². The van der Waals surface area contributed by atoms with Gasteiger partial charge in [-0.1, -0.05) is 0 Å². The second-order valence-corrected chi connectivity index (χ2v) is 10.6. The topological polar surface area (TPSA) is 331 Å².